The minimum absolute atomic E-state index is 0.0171. The summed E-state index contributed by atoms with van der Waals surface area (Å²) in [7, 11) is 0. The van der Waals surface area contributed by atoms with Gasteiger partial charge in [-0.05, 0) is 64.3 Å². The van der Waals surface area contributed by atoms with E-state index in [0.717, 1.165) is 43.1 Å². The molecule has 1 aliphatic heterocycles. The summed E-state index contributed by atoms with van der Waals surface area (Å²) < 4.78 is 17.3. The van der Waals surface area contributed by atoms with Crippen molar-refractivity contribution in [1.29, 1.82) is 0 Å². The highest BCUT2D eigenvalue weighted by molar-refractivity contribution is 5.79. The van der Waals surface area contributed by atoms with Gasteiger partial charge in [-0.25, -0.2) is 9.97 Å². The number of anilines is 1. The van der Waals surface area contributed by atoms with Gasteiger partial charge in [0, 0.05) is 37.4 Å². The van der Waals surface area contributed by atoms with Crippen molar-refractivity contribution in [3.05, 3.63) is 35.7 Å². The van der Waals surface area contributed by atoms with Crippen LogP contribution < -0.4 is 24.4 Å². The Kier molecular flexibility index (Phi) is 8.53. The fourth-order valence-electron chi connectivity index (χ4n) is 3.81. The Morgan fingerprint density at radius 1 is 1.06 bits per heavy atom. The summed E-state index contributed by atoms with van der Waals surface area (Å²) >= 11 is 0. The molecule has 174 valence electrons. The summed E-state index contributed by atoms with van der Waals surface area (Å²) in [6.45, 7) is 11.2. The molecule has 0 saturated carbocycles. The number of carbonyl (C=O) groups is 1. The molecule has 1 aliphatic rings. The summed E-state index contributed by atoms with van der Waals surface area (Å²) in [5.74, 6) is 2.67. The van der Waals surface area contributed by atoms with E-state index in [9.17, 15) is 4.79 Å². The Balaban J connectivity index is 1.60. The van der Waals surface area contributed by atoms with Crippen LogP contribution in [0.15, 0.2) is 24.4 Å². The van der Waals surface area contributed by atoms with Crippen LogP contribution >= 0.6 is 0 Å². The topological polar surface area (TPSA) is 85.8 Å². The number of nitrogens with one attached hydrogen (secondary N) is 1. The quantitative estimate of drug-likeness (QED) is 0.603. The molecule has 0 bridgehead atoms. The largest absolute Gasteiger partial charge is 0.490 e. The second kappa shape index (κ2) is 11.5. The van der Waals surface area contributed by atoms with Crippen LogP contribution in [0.25, 0.3) is 0 Å². The van der Waals surface area contributed by atoms with Crippen LogP contribution in [0.5, 0.6) is 17.2 Å². The molecule has 8 nitrogen and oxygen atoms in total. The van der Waals surface area contributed by atoms with Crippen molar-refractivity contribution in [3.63, 3.8) is 0 Å². The summed E-state index contributed by atoms with van der Waals surface area (Å²) in [4.78, 5) is 23.8. The fourth-order valence-corrected chi connectivity index (χ4v) is 3.81. The van der Waals surface area contributed by atoms with Crippen LogP contribution in [0.2, 0.25) is 0 Å². The number of nitrogens with zero attached hydrogens (tertiary/aromatic N) is 3. The predicted molar refractivity (Wildman–Crippen MR) is 124 cm³/mol. The van der Waals surface area contributed by atoms with Gasteiger partial charge in [0.05, 0.1) is 19.8 Å². The van der Waals surface area contributed by atoms with Gasteiger partial charge in [-0.2, -0.15) is 0 Å². The zero-order valence-electron chi connectivity index (χ0n) is 19.5. The van der Waals surface area contributed by atoms with E-state index in [1.54, 1.807) is 6.20 Å². The zero-order valence-corrected chi connectivity index (χ0v) is 19.5. The maximum absolute atomic E-state index is 12.8. The molecule has 1 aromatic carbocycles. The molecule has 0 spiro atoms. The fraction of sp³-hybridized carbons (Fsp3) is 0.542. The van der Waals surface area contributed by atoms with Crippen molar-refractivity contribution in [1.82, 2.24) is 15.3 Å². The lowest BCUT2D eigenvalue weighted by Crippen LogP contribution is -2.41. The van der Waals surface area contributed by atoms with Crippen molar-refractivity contribution in [2.75, 3.05) is 37.8 Å². The van der Waals surface area contributed by atoms with Crippen molar-refractivity contribution >= 4 is 11.9 Å². The van der Waals surface area contributed by atoms with Crippen LogP contribution in [0.1, 0.15) is 44.9 Å². The van der Waals surface area contributed by atoms with Crippen LogP contribution in [0.3, 0.4) is 0 Å². The number of amides is 1. The average Bonchev–Trinajstić information content (AvgIpc) is 2.80. The molecule has 0 unspecified atom stereocenters. The van der Waals surface area contributed by atoms with Crippen molar-refractivity contribution in [2.24, 2.45) is 5.92 Å². The van der Waals surface area contributed by atoms with E-state index in [1.165, 1.54) is 0 Å². The molecule has 1 amide bonds. The van der Waals surface area contributed by atoms with Crippen LogP contribution in [0, 0.1) is 12.8 Å². The number of piperidine rings is 1. The van der Waals surface area contributed by atoms with Crippen molar-refractivity contribution in [3.8, 4) is 17.2 Å². The molecule has 2 aromatic rings. The van der Waals surface area contributed by atoms with E-state index < -0.39 is 0 Å². The molecular weight excluding hydrogens is 408 g/mol. The monoisotopic (exact) mass is 442 g/mol. The summed E-state index contributed by atoms with van der Waals surface area (Å²) in [5, 5.41) is 3.08. The molecule has 1 saturated heterocycles. The Hall–Kier alpha value is -3.03. The first-order valence-electron chi connectivity index (χ1n) is 11.4. The van der Waals surface area contributed by atoms with E-state index in [-0.39, 0.29) is 11.8 Å². The number of rotatable bonds is 10. The Morgan fingerprint density at radius 2 is 1.69 bits per heavy atom. The van der Waals surface area contributed by atoms with Gasteiger partial charge >= 0.3 is 0 Å². The van der Waals surface area contributed by atoms with Gasteiger partial charge < -0.3 is 24.4 Å². The molecule has 8 heteroatoms. The molecule has 2 heterocycles. The highest BCUT2D eigenvalue weighted by Crippen LogP contribution is 2.39. The molecule has 32 heavy (non-hydrogen) atoms. The van der Waals surface area contributed by atoms with Gasteiger partial charge in [0.1, 0.15) is 0 Å². The van der Waals surface area contributed by atoms with Gasteiger partial charge in [0.15, 0.2) is 11.5 Å². The minimum atomic E-state index is -0.0171. The number of carbonyl (C=O) groups excluding carboxylic acids is 1. The summed E-state index contributed by atoms with van der Waals surface area (Å²) in [5.41, 5.74) is 1.86. The molecule has 1 N–H and O–H groups in total. The maximum atomic E-state index is 12.8. The lowest BCUT2D eigenvalue weighted by Gasteiger charge is -2.31. The zero-order chi connectivity index (χ0) is 22.9. The summed E-state index contributed by atoms with van der Waals surface area (Å²) in [6.07, 6.45) is 3.34. The lowest BCUT2D eigenvalue weighted by molar-refractivity contribution is -0.125. The van der Waals surface area contributed by atoms with Crippen molar-refractivity contribution in [2.45, 2.75) is 47.1 Å². The number of aromatic nitrogens is 2. The maximum Gasteiger partial charge on any atom is 0.225 e. The third kappa shape index (κ3) is 6.02. The lowest BCUT2D eigenvalue weighted by atomic mass is 9.96. The average molecular weight is 443 g/mol. The highest BCUT2D eigenvalue weighted by Gasteiger charge is 2.26. The first-order chi connectivity index (χ1) is 15.5. The Labute approximate surface area is 190 Å². The number of hydrogen-bond acceptors (Lipinski definition) is 7. The van der Waals surface area contributed by atoms with E-state index in [0.29, 0.717) is 43.6 Å². The first-order valence-corrected chi connectivity index (χ1v) is 11.4. The molecular formula is C24H34N4O4. The van der Waals surface area contributed by atoms with Gasteiger partial charge in [-0.3, -0.25) is 4.79 Å². The Morgan fingerprint density at radius 3 is 2.25 bits per heavy atom. The van der Waals surface area contributed by atoms with E-state index in [2.05, 4.69) is 20.2 Å². The van der Waals surface area contributed by atoms with Crippen LogP contribution in [0.4, 0.5) is 5.95 Å². The molecule has 3 rings (SSSR count). The standard InChI is InChI=1S/C24H34N4O4/c1-5-30-20-14-18(15-21(31-6-2)22(20)32-7-3)16-26-23(29)19-9-12-28(13-10-19)24-25-11-8-17(4)27-24/h8,11,14-15,19H,5-7,9-10,12-13,16H2,1-4H3,(H,26,29). The SMILES string of the molecule is CCOc1cc(CNC(=O)C2CCN(c3nccc(C)n3)CC2)cc(OCC)c1OCC. The van der Waals surface area contributed by atoms with Gasteiger partial charge in [-0.15, -0.1) is 0 Å². The van der Waals surface area contributed by atoms with Crippen molar-refractivity contribution < 1.29 is 19.0 Å². The molecule has 1 fully saturated rings. The van der Waals surface area contributed by atoms with E-state index >= 15 is 0 Å². The van der Waals surface area contributed by atoms with E-state index in [1.807, 2.05) is 45.9 Å². The summed E-state index contributed by atoms with van der Waals surface area (Å²) in [6, 6.07) is 5.71. The number of benzene rings is 1. The highest BCUT2D eigenvalue weighted by atomic mass is 16.5. The number of ether oxygens (including phenoxy) is 3. The number of aryl methyl sites for hydroxylation is 1. The van der Waals surface area contributed by atoms with Crippen LogP contribution in [-0.4, -0.2) is 48.8 Å². The van der Waals surface area contributed by atoms with Gasteiger partial charge in [-0.1, -0.05) is 0 Å². The smallest absolute Gasteiger partial charge is 0.225 e. The second-order valence-corrected chi connectivity index (χ2v) is 7.70. The second-order valence-electron chi connectivity index (χ2n) is 7.70. The van der Waals surface area contributed by atoms with Gasteiger partial charge in [0.25, 0.3) is 0 Å². The molecule has 0 aliphatic carbocycles. The van der Waals surface area contributed by atoms with Gasteiger partial charge in [0.2, 0.25) is 17.6 Å². The predicted octanol–water partition coefficient (Wildman–Crippen LogP) is 3.51. The normalized spacial score (nSPS) is 14.2. The molecule has 0 atom stereocenters. The molecule has 1 aromatic heterocycles. The Bertz CT molecular complexity index is 870. The third-order valence-electron chi connectivity index (χ3n) is 5.37. The number of hydrogen-bond donors (Lipinski definition) is 1. The molecule has 0 radical (unpaired) electrons. The third-order valence-corrected chi connectivity index (χ3v) is 5.37. The minimum Gasteiger partial charge on any atom is -0.490 e. The van der Waals surface area contributed by atoms with Crippen LogP contribution in [-0.2, 0) is 11.3 Å². The van der Waals surface area contributed by atoms with E-state index in [4.69, 9.17) is 14.2 Å². The first kappa shape index (κ1) is 23.6.